The summed E-state index contributed by atoms with van der Waals surface area (Å²) in [4.78, 5) is 23.8. The van der Waals surface area contributed by atoms with Crippen molar-refractivity contribution >= 4 is 5.91 Å². The molecule has 1 heterocycles. The molecular formula is C16H21FN4O2. The van der Waals surface area contributed by atoms with Crippen LogP contribution >= 0.6 is 0 Å². The fourth-order valence-corrected chi connectivity index (χ4v) is 2.23. The second-order valence-corrected chi connectivity index (χ2v) is 5.84. The molecule has 23 heavy (non-hydrogen) atoms. The zero-order valence-electron chi connectivity index (χ0n) is 13.5. The zero-order chi connectivity index (χ0) is 17.0. The topological polar surface area (TPSA) is 68.9 Å². The molecule has 0 aliphatic heterocycles. The number of nitrogens with one attached hydrogen (secondary N) is 1. The number of nitrogens with zero attached hydrogens (tertiary/aromatic N) is 3. The van der Waals surface area contributed by atoms with Crippen molar-refractivity contribution in [2.45, 2.75) is 26.8 Å². The Balaban J connectivity index is 2.07. The number of hydrogen-bond acceptors (Lipinski definition) is 3. The molecule has 0 saturated heterocycles. The minimum Gasteiger partial charge on any atom is -0.354 e. The number of carbonyl (C=O) groups excluding carboxylic acids is 1. The summed E-state index contributed by atoms with van der Waals surface area (Å²) in [7, 11) is 1.61. The molecule has 0 bridgehead atoms. The van der Waals surface area contributed by atoms with Gasteiger partial charge < -0.3 is 5.32 Å². The Labute approximate surface area is 133 Å². The number of rotatable bonds is 6. The van der Waals surface area contributed by atoms with Gasteiger partial charge in [0.2, 0.25) is 5.91 Å². The monoisotopic (exact) mass is 320 g/mol. The highest BCUT2D eigenvalue weighted by molar-refractivity contribution is 5.75. The number of carbonyl (C=O) groups is 1. The Morgan fingerprint density at radius 1 is 1.30 bits per heavy atom. The second-order valence-electron chi connectivity index (χ2n) is 5.84. The Hall–Kier alpha value is -2.44. The lowest BCUT2D eigenvalue weighted by Gasteiger charge is -2.06. The normalized spacial score (nSPS) is 11.0. The Kier molecular flexibility index (Phi) is 5.31. The average molecular weight is 320 g/mol. The molecule has 0 aliphatic rings. The minimum atomic E-state index is -0.342. The molecular weight excluding hydrogens is 299 g/mol. The first kappa shape index (κ1) is 16.9. The highest BCUT2D eigenvalue weighted by atomic mass is 19.1. The first-order valence-electron chi connectivity index (χ1n) is 7.55. The van der Waals surface area contributed by atoms with Crippen molar-refractivity contribution in [1.82, 2.24) is 19.7 Å². The van der Waals surface area contributed by atoms with Gasteiger partial charge in [0.05, 0.1) is 6.54 Å². The van der Waals surface area contributed by atoms with Crippen molar-refractivity contribution in [3.63, 3.8) is 0 Å². The van der Waals surface area contributed by atoms with Crippen LogP contribution in [0.15, 0.2) is 29.1 Å². The predicted molar refractivity (Wildman–Crippen MR) is 85.3 cm³/mol. The summed E-state index contributed by atoms with van der Waals surface area (Å²) >= 11 is 0. The van der Waals surface area contributed by atoms with E-state index in [2.05, 4.69) is 10.4 Å². The third-order valence-corrected chi connectivity index (χ3v) is 3.38. The Morgan fingerprint density at radius 3 is 2.57 bits per heavy atom. The molecule has 1 amide bonds. The van der Waals surface area contributed by atoms with E-state index in [1.165, 1.54) is 21.4 Å². The van der Waals surface area contributed by atoms with Crippen LogP contribution in [0.2, 0.25) is 0 Å². The van der Waals surface area contributed by atoms with E-state index in [1.54, 1.807) is 19.2 Å². The molecule has 6 nitrogen and oxygen atoms in total. The number of hydrogen-bond donors (Lipinski definition) is 1. The molecule has 0 unspecified atom stereocenters. The predicted octanol–water partition coefficient (Wildman–Crippen LogP) is 1.55. The molecule has 0 aliphatic carbocycles. The van der Waals surface area contributed by atoms with E-state index >= 15 is 0 Å². The lowest BCUT2D eigenvalue weighted by molar-refractivity contribution is -0.121. The summed E-state index contributed by atoms with van der Waals surface area (Å²) in [5.41, 5.74) is 0.385. The van der Waals surface area contributed by atoms with E-state index in [0.717, 1.165) is 0 Å². The van der Waals surface area contributed by atoms with Crippen LogP contribution in [0.5, 0.6) is 0 Å². The van der Waals surface area contributed by atoms with E-state index in [4.69, 9.17) is 0 Å². The molecule has 2 rings (SSSR count). The van der Waals surface area contributed by atoms with Crippen molar-refractivity contribution < 1.29 is 9.18 Å². The van der Waals surface area contributed by atoms with E-state index in [9.17, 15) is 14.0 Å². The summed E-state index contributed by atoms with van der Waals surface area (Å²) in [5.74, 6) is 0.370. The van der Waals surface area contributed by atoms with Gasteiger partial charge in [0, 0.05) is 25.6 Å². The van der Waals surface area contributed by atoms with Crippen molar-refractivity contribution in [2.75, 3.05) is 6.54 Å². The van der Waals surface area contributed by atoms with Crippen LogP contribution in [-0.2, 0) is 18.4 Å². The molecule has 1 aromatic carbocycles. The quantitative estimate of drug-likeness (QED) is 0.878. The lowest BCUT2D eigenvalue weighted by Crippen LogP contribution is -2.32. The largest absolute Gasteiger partial charge is 0.354 e. The van der Waals surface area contributed by atoms with Crippen LogP contribution in [0.25, 0.3) is 11.4 Å². The molecule has 0 fully saturated rings. The lowest BCUT2D eigenvalue weighted by atomic mass is 10.1. The van der Waals surface area contributed by atoms with Crippen LogP contribution < -0.4 is 11.0 Å². The molecule has 0 spiro atoms. The van der Waals surface area contributed by atoms with Gasteiger partial charge in [-0.25, -0.2) is 13.9 Å². The molecule has 0 radical (unpaired) electrons. The van der Waals surface area contributed by atoms with Crippen molar-refractivity contribution in [3.05, 3.63) is 40.6 Å². The first-order chi connectivity index (χ1) is 10.9. The van der Waals surface area contributed by atoms with Gasteiger partial charge in [-0.3, -0.25) is 9.36 Å². The van der Waals surface area contributed by atoms with Gasteiger partial charge in [0.1, 0.15) is 5.82 Å². The van der Waals surface area contributed by atoms with Gasteiger partial charge in [-0.15, -0.1) is 5.10 Å². The van der Waals surface area contributed by atoms with Gasteiger partial charge in [-0.1, -0.05) is 13.8 Å². The number of amides is 1. The summed E-state index contributed by atoms with van der Waals surface area (Å²) < 4.78 is 15.7. The fourth-order valence-electron chi connectivity index (χ4n) is 2.23. The number of benzene rings is 1. The summed E-state index contributed by atoms with van der Waals surface area (Å²) in [6.45, 7) is 4.57. The molecule has 2 aromatic rings. The van der Waals surface area contributed by atoms with E-state index in [1.807, 2.05) is 13.8 Å². The third-order valence-electron chi connectivity index (χ3n) is 3.38. The van der Waals surface area contributed by atoms with Crippen LogP contribution in [0.4, 0.5) is 4.39 Å². The van der Waals surface area contributed by atoms with Gasteiger partial charge in [0.15, 0.2) is 5.82 Å². The van der Waals surface area contributed by atoms with Crippen molar-refractivity contribution in [2.24, 2.45) is 13.0 Å². The maximum absolute atomic E-state index is 13.0. The smallest absolute Gasteiger partial charge is 0.345 e. The second kappa shape index (κ2) is 7.21. The molecule has 0 saturated carbocycles. The number of aromatic nitrogens is 3. The van der Waals surface area contributed by atoms with Crippen molar-refractivity contribution in [3.8, 4) is 11.4 Å². The molecule has 7 heteroatoms. The summed E-state index contributed by atoms with van der Waals surface area (Å²) in [6, 6.07) is 5.80. The molecule has 0 atom stereocenters. The fraction of sp³-hybridized carbons (Fsp3) is 0.438. The molecule has 1 N–H and O–H groups in total. The van der Waals surface area contributed by atoms with Crippen molar-refractivity contribution in [1.29, 1.82) is 0 Å². The highest BCUT2D eigenvalue weighted by Crippen LogP contribution is 2.15. The minimum absolute atomic E-state index is 0.0391. The van der Waals surface area contributed by atoms with Crippen LogP contribution in [-0.4, -0.2) is 26.8 Å². The van der Waals surface area contributed by atoms with Gasteiger partial charge in [-0.2, -0.15) is 0 Å². The Bertz CT molecular complexity index is 732. The standard InChI is InChI=1S/C16H21FN4O2/c1-11(2)10-14(22)18-8-9-21-16(23)20(3)15(19-21)12-4-6-13(17)7-5-12/h4-7,11H,8-10H2,1-3H3,(H,18,22). The Morgan fingerprint density at radius 2 is 1.96 bits per heavy atom. The first-order valence-corrected chi connectivity index (χ1v) is 7.55. The van der Waals surface area contributed by atoms with Crippen LogP contribution in [0.1, 0.15) is 20.3 Å². The van der Waals surface area contributed by atoms with E-state index < -0.39 is 0 Å². The van der Waals surface area contributed by atoms with E-state index in [0.29, 0.717) is 24.4 Å². The third kappa shape index (κ3) is 4.28. The number of halogens is 1. The highest BCUT2D eigenvalue weighted by Gasteiger charge is 2.12. The van der Waals surface area contributed by atoms with Crippen LogP contribution in [0.3, 0.4) is 0 Å². The zero-order valence-corrected chi connectivity index (χ0v) is 13.5. The summed E-state index contributed by atoms with van der Waals surface area (Å²) in [5, 5.41) is 7.03. The van der Waals surface area contributed by atoms with Gasteiger partial charge in [-0.05, 0) is 30.2 Å². The molecule has 124 valence electrons. The maximum atomic E-state index is 13.0. The SMILES string of the molecule is CC(C)CC(=O)NCCn1nc(-c2ccc(F)cc2)n(C)c1=O. The van der Waals surface area contributed by atoms with Gasteiger partial charge in [0.25, 0.3) is 0 Å². The maximum Gasteiger partial charge on any atom is 0.345 e. The van der Waals surface area contributed by atoms with Crippen LogP contribution in [0, 0.1) is 11.7 Å². The van der Waals surface area contributed by atoms with Gasteiger partial charge >= 0.3 is 5.69 Å². The average Bonchev–Trinajstić information content (AvgIpc) is 2.76. The molecule has 1 aromatic heterocycles. The summed E-state index contributed by atoms with van der Waals surface area (Å²) in [6.07, 6.45) is 0.456. The van der Waals surface area contributed by atoms with E-state index in [-0.39, 0.29) is 29.9 Å².